The zero-order valence-electron chi connectivity index (χ0n) is 18.1. The first-order valence-electron chi connectivity index (χ1n) is 10.7. The Morgan fingerprint density at radius 2 is 1.77 bits per heavy atom. The number of nitrogens with zero attached hydrogens (tertiary/aromatic N) is 2. The van der Waals surface area contributed by atoms with Crippen molar-refractivity contribution in [3.63, 3.8) is 0 Å². The molecule has 4 rings (SSSR count). The second-order valence-corrected chi connectivity index (χ2v) is 8.32. The van der Waals surface area contributed by atoms with E-state index in [0.717, 1.165) is 37.4 Å². The molecule has 0 amide bonds. The van der Waals surface area contributed by atoms with Crippen LogP contribution in [0.4, 0.5) is 10.1 Å². The van der Waals surface area contributed by atoms with Crippen LogP contribution in [0, 0.1) is 5.82 Å². The fourth-order valence-electron chi connectivity index (χ4n) is 4.15. The largest absolute Gasteiger partial charge is 0.508 e. The van der Waals surface area contributed by atoms with Crippen LogP contribution in [0.15, 0.2) is 66.7 Å². The molecule has 162 valence electrons. The van der Waals surface area contributed by atoms with Crippen LogP contribution in [0.1, 0.15) is 22.7 Å². The van der Waals surface area contributed by atoms with Gasteiger partial charge in [-0.05, 0) is 92.2 Å². The molecule has 1 unspecified atom stereocenters. The molecule has 0 aliphatic carbocycles. The van der Waals surface area contributed by atoms with Crippen LogP contribution >= 0.6 is 0 Å². The van der Waals surface area contributed by atoms with Gasteiger partial charge < -0.3 is 19.6 Å². The molecule has 0 fully saturated rings. The lowest BCUT2D eigenvalue weighted by Crippen LogP contribution is -2.36. The molecule has 1 heterocycles. The lowest BCUT2D eigenvalue weighted by Gasteiger charge is -2.39. The summed E-state index contributed by atoms with van der Waals surface area (Å²) < 4.78 is 19.3. The van der Waals surface area contributed by atoms with Gasteiger partial charge in [-0.1, -0.05) is 18.2 Å². The van der Waals surface area contributed by atoms with Crippen LogP contribution in [0.5, 0.6) is 11.5 Å². The number of aromatic hydroxyl groups is 1. The number of hydrogen-bond acceptors (Lipinski definition) is 4. The van der Waals surface area contributed by atoms with E-state index < -0.39 is 0 Å². The number of anilines is 1. The molecule has 0 radical (unpaired) electrons. The fourth-order valence-corrected chi connectivity index (χ4v) is 4.15. The van der Waals surface area contributed by atoms with E-state index in [-0.39, 0.29) is 11.9 Å². The molecule has 1 aliphatic rings. The first-order valence-corrected chi connectivity index (χ1v) is 10.7. The molecule has 0 spiro atoms. The minimum Gasteiger partial charge on any atom is -0.508 e. The van der Waals surface area contributed by atoms with E-state index >= 15 is 0 Å². The van der Waals surface area contributed by atoms with E-state index in [1.165, 1.54) is 28.8 Å². The highest BCUT2D eigenvalue weighted by molar-refractivity contribution is 5.53. The summed E-state index contributed by atoms with van der Waals surface area (Å²) >= 11 is 0. The average molecular weight is 421 g/mol. The monoisotopic (exact) mass is 420 g/mol. The van der Waals surface area contributed by atoms with Crippen molar-refractivity contribution in [2.45, 2.75) is 18.9 Å². The quantitative estimate of drug-likeness (QED) is 0.595. The first kappa shape index (κ1) is 21.2. The highest BCUT2D eigenvalue weighted by Crippen LogP contribution is 2.37. The number of fused-ring (bicyclic) bond motifs is 1. The van der Waals surface area contributed by atoms with Gasteiger partial charge in [0.1, 0.15) is 23.9 Å². The third-order valence-corrected chi connectivity index (χ3v) is 5.80. The minimum atomic E-state index is -0.229. The lowest BCUT2D eigenvalue weighted by molar-refractivity contribution is 0.261. The number of benzene rings is 3. The maximum Gasteiger partial charge on any atom is 0.123 e. The van der Waals surface area contributed by atoms with Gasteiger partial charge in [-0.15, -0.1) is 0 Å². The molecule has 0 saturated heterocycles. The lowest BCUT2D eigenvalue weighted by atomic mass is 9.88. The Morgan fingerprint density at radius 3 is 2.48 bits per heavy atom. The van der Waals surface area contributed by atoms with Gasteiger partial charge in [0.15, 0.2) is 0 Å². The highest BCUT2D eigenvalue weighted by Gasteiger charge is 2.28. The molecule has 1 atom stereocenters. The fraction of sp³-hybridized carbons (Fsp3) is 0.308. The van der Waals surface area contributed by atoms with Crippen molar-refractivity contribution in [3.8, 4) is 11.5 Å². The topological polar surface area (TPSA) is 35.9 Å². The predicted molar refractivity (Wildman–Crippen MR) is 122 cm³/mol. The van der Waals surface area contributed by atoms with E-state index in [1.807, 2.05) is 50.5 Å². The molecule has 0 saturated carbocycles. The van der Waals surface area contributed by atoms with Gasteiger partial charge in [-0.3, -0.25) is 0 Å². The number of halogens is 1. The number of phenols is 1. The summed E-state index contributed by atoms with van der Waals surface area (Å²) in [6, 6.07) is 20.7. The van der Waals surface area contributed by atoms with Crippen molar-refractivity contribution in [3.05, 3.63) is 89.2 Å². The molecule has 1 aliphatic heterocycles. The van der Waals surface area contributed by atoms with Gasteiger partial charge in [0.05, 0.1) is 6.04 Å². The molecule has 3 aromatic carbocycles. The molecule has 5 heteroatoms. The number of phenolic OH excluding ortho intramolecular Hbond substituents is 1. The minimum absolute atomic E-state index is 0.107. The second-order valence-electron chi connectivity index (χ2n) is 8.32. The van der Waals surface area contributed by atoms with E-state index in [9.17, 15) is 9.50 Å². The summed E-state index contributed by atoms with van der Waals surface area (Å²) in [6.07, 6.45) is 1.66. The van der Waals surface area contributed by atoms with Crippen LogP contribution in [0.3, 0.4) is 0 Å². The first-order chi connectivity index (χ1) is 15.0. The van der Waals surface area contributed by atoms with Crippen LogP contribution in [-0.2, 0) is 12.8 Å². The van der Waals surface area contributed by atoms with Gasteiger partial charge in [-0.25, -0.2) is 4.39 Å². The van der Waals surface area contributed by atoms with Crippen molar-refractivity contribution < 1.29 is 14.2 Å². The Morgan fingerprint density at radius 1 is 1.03 bits per heavy atom. The number of likely N-dealkylation sites (N-methyl/N-ethyl adjacent to an activating group) is 1. The summed E-state index contributed by atoms with van der Waals surface area (Å²) in [7, 11) is 4.06. The third kappa shape index (κ3) is 5.17. The Kier molecular flexibility index (Phi) is 6.42. The normalized spacial score (nSPS) is 15.7. The molecule has 0 bridgehead atoms. The standard InChI is InChI=1S/C26H29FN2O2/c1-28(2)15-16-31-24-10-3-19(4-11-24)17-26-25-12-9-23(30)18-20(25)13-14-29(26)22-7-5-21(27)6-8-22/h3-12,18,26,30H,13-17H2,1-2H3. The molecular weight excluding hydrogens is 391 g/mol. The van der Waals surface area contributed by atoms with Crippen molar-refractivity contribution in [1.82, 2.24) is 4.90 Å². The number of rotatable bonds is 7. The zero-order chi connectivity index (χ0) is 21.8. The van der Waals surface area contributed by atoms with E-state index in [2.05, 4.69) is 21.9 Å². The van der Waals surface area contributed by atoms with Crippen molar-refractivity contribution in [2.24, 2.45) is 0 Å². The van der Waals surface area contributed by atoms with Crippen LogP contribution in [0.2, 0.25) is 0 Å². The molecule has 3 aromatic rings. The Hall–Kier alpha value is -3.05. The summed E-state index contributed by atoms with van der Waals surface area (Å²) in [5.41, 5.74) is 4.60. The smallest absolute Gasteiger partial charge is 0.123 e. The molecule has 1 N–H and O–H groups in total. The van der Waals surface area contributed by atoms with E-state index in [4.69, 9.17) is 4.74 Å². The van der Waals surface area contributed by atoms with Gasteiger partial charge in [0.25, 0.3) is 0 Å². The van der Waals surface area contributed by atoms with E-state index in [0.29, 0.717) is 12.4 Å². The molecular formula is C26H29FN2O2. The van der Waals surface area contributed by atoms with Gasteiger partial charge in [0.2, 0.25) is 0 Å². The third-order valence-electron chi connectivity index (χ3n) is 5.80. The predicted octanol–water partition coefficient (Wildman–Crippen LogP) is 4.82. The maximum absolute atomic E-state index is 13.5. The second kappa shape index (κ2) is 9.40. The Bertz CT molecular complexity index is 1000. The summed E-state index contributed by atoms with van der Waals surface area (Å²) in [5, 5.41) is 9.94. The summed E-state index contributed by atoms with van der Waals surface area (Å²) in [5.74, 6) is 0.939. The average Bonchev–Trinajstić information content (AvgIpc) is 2.75. The SMILES string of the molecule is CN(C)CCOc1ccc(CC2c3ccc(O)cc3CCN2c2ccc(F)cc2)cc1. The molecule has 0 aromatic heterocycles. The van der Waals surface area contributed by atoms with Crippen LogP contribution < -0.4 is 9.64 Å². The van der Waals surface area contributed by atoms with Gasteiger partial charge >= 0.3 is 0 Å². The number of hydrogen-bond donors (Lipinski definition) is 1. The van der Waals surface area contributed by atoms with Crippen LogP contribution in [-0.4, -0.2) is 43.8 Å². The zero-order valence-corrected chi connectivity index (χ0v) is 18.1. The maximum atomic E-state index is 13.5. The highest BCUT2D eigenvalue weighted by atomic mass is 19.1. The summed E-state index contributed by atoms with van der Waals surface area (Å²) in [6.45, 7) is 2.35. The number of ether oxygens (including phenoxy) is 1. The summed E-state index contributed by atoms with van der Waals surface area (Å²) in [4.78, 5) is 4.43. The van der Waals surface area contributed by atoms with Crippen molar-refractivity contribution in [2.75, 3.05) is 38.7 Å². The molecule has 31 heavy (non-hydrogen) atoms. The van der Waals surface area contributed by atoms with Crippen molar-refractivity contribution in [1.29, 1.82) is 0 Å². The van der Waals surface area contributed by atoms with Gasteiger partial charge in [0, 0.05) is 18.8 Å². The van der Waals surface area contributed by atoms with Crippen molar-refractivity contribution >= 4 is 5.69 Å². The van der Waals surface area contributed by atoms with Crippen LogP contribution in [0.25, 0.3) is 0 Å². The van der Waals surface area contributed by atoms with Gasteiger partial charge in [-0.2, -0.15) is 0 Å². The Labute approximate surface area is 183 Å². The Balaban J connectivity index is 1.57. The van der Waals surface area contributed by atoms with E-state index in [1.54, 1.807) is 6.07 Å². The molecule has 4 nitrogen and oxygen atoms in total.